The predicted octanol–water partition coefficient (Wildman–Crippen LogP) is 3.93. The first kappa shape index (κ1) is 14.3. The quantitative estimate of drug-likeness (QED) is 0.718. The van der Waals surface area contributed by atoms with E-state index in [2.05, 4.69) is 20.3 Å². The van der Waals surface area contributed by atoms with Crippen molar-refractivity contribution in [3.63, 3.8) is 0 Å². The summed E-state index contributed by atoms with van der Waals surface area (Å²) in [5, 5.41) is 3.19. The second-order valence-corrected chi connectivity index (χ2v) is 6.22. The Morgan fingerprint density at radius 1 is 1.18 bits per heavy atom. The highest BCUT2D eigenvalue weighted by atomic mass is 16.1. The van der Waals surface area contributed by atoms with Crippen LogP contribution in [0.4, 0.5) is 11.5 Å². The first-order valence-corrected chi connectivity index (χ1v) is 7.16. The molecule has 0 saturated carbocycles. The van der Waals surface area contributed by atoms with Crippen LogP contribution in [0.1, 0.15) is 31.1 Å². The zero-order valence-electron chi connectivity index (χ0n) is 12.8. The molecule has 0 spiro atoms. The minimum atomic E-state index is -0.459. The van der Waals surface area contributed by atoms with E-state index in [0.717, 1.165) is 5.69 Å². The molecule has 22 heavy (non-hydrogen) atoms. The third-order valence-electron chi connectivity index (χ3n) is 3.35. The average Bonchev–Trinajstić information content (AvgIpc) is 2.89. The Bertz CT molecular complexity index is 816. The topological polar surface area (TPSA) is 70.7 Å². The summed E-state index contributed by atoms with van der Waals surface area (Å²) in [5.41, 5.74) is 2.26. The molecule has 5 nitrogen and oxygen atoms in total. The lowest BCUT2D eigenvalue weighted by Gasteiger charge is -2.15. The van der Waals surface area contributed by atoms with Crippen molar-refractivity contribution in [1.82, 2.24) is 15.0 Å². The van der Waals surface area contributed by atoms with Crippen LogP contribution in [0.15, 0.2) is 42.7 Å². The van der Waals surface area contributed by atoms with Crippen LogP contribution >= 0.6 is 0 Å². The summed E-state index contributed by atoms with van der Waals surface area (Å²) in [6, 6.07) is 9.74. The van der Waals surface area contributed by atoms with Crippen molar-refractivity contribution in [3.05, 3.63) is 48.3 Å². The van der Waals surface area contributed by atoms with E-state index in [4.69, 9.17) is 0 Å². The fraction of sp³-hybridized carbons (Fsp3) is 0.235. The fourth-order valence-corrected chi connectivity index (χ4v) is 2.20. The summed E-state index contributed by atoms with van der Waals surface area (Å²) in [6.07, 6.45) is 3.34. The van der Waals surface area contributed by atoms with Gasteiger partial charge in [-0.05, 0) is 12.1 Å². The lowest BCUT2D eigenvalue weighted by atomic mass is 9.87. The molecule has 0 unspecified atom stereocenters. The Morgan fingerprint density at radius 3 is 2.59 bits per heavy atom. The second kappa shape index (κ2) is 5.26. The first-order chi connectivity index (χ1) is 10.4. The summed E-state index contributed by atoms with van der Waals surface area (Å²) in [7, 11) is 0. The van der Waals surface area contributed by atoms with Gasteiger partial charge in [0.1, 0.15) is 11.3 Å². The fourth-order valence-electron chi connectivity index (χ4n) is 2.20. The maximum absolute atomic E-state index is 12.5. The molecule has 0 atom stereocenters. The van der Waals surface area contributed by atoms with Crippen LogP contribution in [-0.4, -0.2) is 20.7 Å². The van der Waals surface area contributed by atoms with E-state index >= 15 is 0 Å². The summed E-state index contributed by atoms with van der Waals surface area (Å²) in [4.78, 5) is 24.4. The second-order valence-electron chi connectivity index (χ2n) is 6.22. The van der Waals surface area contributed by atoms with Crippen LogP contribution in [0.2, 0.25) is 0 Å². The molecule has 0 radical (unpaired) electrons. The normalized spacial score (nSPS) is 11.6. The van der Waals surface area contributed by atoms with Crippen molar-refractivity contribution >= 4 is 28.5 Å². The van der Waals surface area contributed by atoms with Gasteiger partial charge in [-0.15, -0.1) is 0 Å². The van der Waals surface area contributed by atoms with Gasteiger partial charge < -0.3 is 10.3 Å². The number of para-hydroxylation sites is 1. The smallest absolute Gasteiger partial charge is 0.171 e. The van der Waals surface area contributed by atoms with E-state index in [0.29, 0.717) is 22.5 Å². The number of aromatic nitrogens is 3. The lowest BCUT2D eigenvalue weighted by molar-refractivity contribution is 0.0860. The van der Waals surface area contributed by atoms with Gasteiger partial charge in [-0.2, -0.15) is 0 Å². The summed E-state index contributed by atoms with van der Waals surface area (Å²) >= 11 is 0. The number of hydrogen-bond donors (Lipinski definition) is 2. The van der Waals surface area contributed by atoms with Crippen LogP contribution in [0.5, 0.6) is 0 Å². The molecule has 0 aliphatic heterocycles. The molecule has 0 aliphatic carbocycles. The van der Waals surface area contributed by atoms with Crippen LogP contribution in [0, 0.1) is 5.41 Å². The molecular weight excluding hydrogens is 276 g/mol. The molecule has 0 bridgehead atoms. The van der Waals surface area contributed by atoms with Gasteiger partial charge in [0.2, 0.25) is 0 Å². The van der Waals surface area contributed by atoms with Crippen molar-refractivity contribution in [2.24, 2.45) is 5.41 Å². The first-order valence-electron chi connectivity index (χ1n) is 7.16. The zero-order chi connectivity index (χ0) is 15.7. The molecule has 0 aliphatic rings. The molecule has 0 saturated heterocycles. The molecule has 112 valence electrons. The number of fused-ring (bicyclic) bond motifs is 1. The Hall–Kier alpha value is -2.69. The lowest BCUT2D eigenvalue weighted by Crippen LogP contribution is -2.20. The molecule has 2 aromatic heterocycles. The van der Waals surface area contributed by atoms with Gasteiger partial charge in [0.05, 0.1) is 11.8 Å². The molecule has 2 heterocycles. The average molecular weight is 294 g/mol. The highest BCUT2D eigenvalue weighted by Crippen LogP contribution is 2.26. The number of benzene rings is 1. The zero-order valence-corrected chi connectivity index (χ0v) is 12.8. The van der Waals surface area contributed by atoms with E-state index in [1.54, 1.807) is 12.4 Å². The Balaban J connectivity index is 2.00. The molecular formula is C17H18N4O. The number of anilines is 2. The van der Waals surface area contributed by atoms with Crippen molar-refractivity contribution < 1.29 is 4.79 Å². The number of hydrogen-bond acceptors (Lipinski definition) is 4. The molecule has 2 N–H and O–H groups in total. The Labute approximate surface area is 128 Å². The van der Waals surface area contributed by atoms with Crippen LogP contribution in [0.25, 0.3) is 11.2 Å². The third kappa shape index (κ3) is 2.70. The minimum Gasteiger partial charge on any atom is -0.344 e. The number of Topliss-reactive ketones (excluding diaryl/α,β-unsaturated/α-hetero) is 1. The summed E-state index contributed by atoms with van der Waals surface area (Å²) < 4.78 is 0. The summed E-state index contributed by atoms with van der Waals surface area (Å²) in [6.45, 7) is 5.69. The van der Waals surface area contributed by atoms with Gasteiger partial charge >= 0.3 is 0 Å². The van der Waals surface area contributed by atoms with Crippen molar-refractivity contribution in [3.8, 4) is 0 Å². The monoisotopic (exact) mass is 294 g/mol. The predicted molar refractivity (Wildman–Crippen MR) is 87.4 cm³/mol. The number of carbonyl (C=O) groups is 1. The largest absolute Gasteiger partial charge is 0.344 e. The van der Waals surface area contributed by atoms with Gasteiger partial charge in [-0.25, -0.2) is 9.97 Å². The third-order valence-corrected chi connectivity index (χ3v) is 3.35. The molecule has 1 aromatic carbocycles. The van der Waals surface area contributed by atoms with Gasteiger partial charge in [0.15, 0.2) is 11.4 Å². The number of nitrogens with zero attached hydrogens (tertiary/aromatic N) is 2. The number of ketones is 1. The Morgan fingerprint density at radius 2 is 1.91 bits per heavy atom. The summed E-state index contributed by atoms with van der Waals surface area (Å²) in [5.74, 6) is 0.658. The van der Waals surface area contributed by atoms with E-state index < -0.39 is 5.41 Å². The van der Waals surface area contributed by atoms with Crippen molar-refractivity contribution in [2.75, 3.05) is 5.32 Å². The van der Waals surface area contributed by atoms with Gasteiger partial charge in [0.25, 0.3) is 0 Å². The number of H-pyrrole nitrogens is 1. The number of nitrogens with one attached hydrogen (secondary N) is 2. The van der Waals surface area contributed by atoms with Crippen LogP contribution in [0.3, 0.4) is 0 Å². The van der Waals surface area contributed by atoms with Crippen LogP contribution in [-0.2, 0) is 0 Å². The van der Waals surface area contributed by atoms with E-state index in [1.807, 2.05) is 51.1 Å². The highest BCUT2D eigenvalue weighted by Gasteiger charge is 2.26. The van der Waals surface area contributed by atoms with Gasteiger partial charge in [-0.1, -0.05) is 39.0 Å². The number of aromatic amines is 1. The van der Waals surface area contributed by atoms with E-state index in [1.165, 1.54) is 0 Å². The molecule has 3 aromatic rings. The number of carbonyl (C=O) groups excluding carboxylic acids is 1. The SMILES string of the molecule is CC(C)(C)C(=O)c1c[nH]c2ncc(Nc3ccccc3)nc12. The molecule has 3 rings (SSSR count). The van der Waals surface area contributed by atoms with Crippen LogP contribution < -0.4 is 5.32 Å². The van der Waals surface area contributed by atoms with Gasteiger partial charge in [0, 0.05) is 17.3 Å². The van der Waals surface area contributed by atoms with E-state index in [-0.39, 0.29) is 5.78 Å². The number of rotatable bonds is 3. The minimum absolute atomic E-state index is 0.0462. The molecule has 0 amide bonds. The maximum Gasteiger partial charge on any atom is 0.171 e. The van der Waals surface area contributed by atoms with Crippen molar-refractivity contribution in [2.45, 2.75) is 20.8 Å². The Kier molecular flexibility index (Phi) is 3.41. The maximum atomic E-state index is 12.5. The van der Waals surface area contributed by atoms with Gasteiger partial charge in [-0.3, -0.25) is 4.79 Å². The van der Waals surface area contributed by atoms with E-state index in [9.17, 15) is 4.79 Å². The van der Waals surface area contributed by atoms with Crippen molar-refractivity contribution in [1.29, 1.82) is 0 Å². The highest BCUT2D eigenvalue weighted by molar-refractivity contribution is 6.08. The molecule has 0 fully saturated rings. The standard InChI is InChI=1S/C17H18N4O/c1-17(2,3)15(22)12-9-18-16-14(12)21-13(10-19-16)20-11-7-5-4-6-8-11/h4-10H,1-3H3,(H,18,19)(H,20,21). The molecule has 5 heteroatoms.